The Bertz CT molecular complexity index is 1060. The van der Waals surface area contributed by atoms with Crippen molar-refractivity contribution >= 4 is 39.9 Å². The molecule has 0 spiro atoms. The summed E-state index contributed by atoms with van der Waals surface area (Å²) in [4.78, 5) is 32.2. The van der Waals surface area contributed by atoms with Crippen LogP contribution in [0.5, 0.6) is 0 Å². The maximum absolute atomic E-state index is 12.9. The number of carbonyl (C=O) groups excluding carboxylic acids is 1. The van der Waals surface area contributed by atoms with Crippen LogP contribution < -0.4 is 15.8 Å². The number of aromatic nitrogens is 2. The predicted octanol–water partition coefficient (Wildman–Crippen LogP) is 3.99. The second-order valence-electron chi connectivity index (χ2n) is 7.06. The molecule has 1 aromatic heterocycles. The van der Waals surface area contributed by atoms with Crippen molar-refractivity contribution in [3.63, 3.8) is 0 Å². The molecular formula is C22H26N4O2S. The van der Waals surface area contributed by atoms with Crippen LogP contribution >= 0.6 is 11.8 Å². The number of anilines is 2. The molecule has 0 aliphatic rings. The zero-order valence-electron chi connectivity index (χ0n) is 17.2. The van der Waals surface area contributed by atoms with Gasteiger partial charge < -0.3 is 10.2 Å². The number of hydrogen-bond donors (Lipinski definition) is 1. The van der Waals surface area contributed by atoms with E-state index in [0.717, 1.165) is 17.8 Å². The third-order valence-corrected chi connectivity index (χ3v) is 5.67. The van der Waals surface area contributed by atoms with E-state index in [-0.39, 0.29) is 11.5 Å². The maximum atomic E-state index is 12.9. The molecule has 0 aliphatic carbocycles. The van der Waals surface area contributed by atoms with E-state index in [2.05, 4.69) is 10.3 Å². The van der Waals surface area contributed by atoms with Crippen LogP contribution in [0.2, 0.25) is 0 Å². The molecule has 0 bridgehead atoms. The molecule has 7 heteroatoms. The highest BCUT2D eigenvalue weighted by Crippen LogP contribution is 2.24. The molecule has 1 amide bonds. The number of para-hydroxylation sites is 1. The summed E-state index contributed by atoms with van der Waals surface area (Å²) in [6, 6.07) is 15.0. The molecule has 0 saturated carbocycles. The molecule has 1 unspecified atom stereocenters. The molecule has 2 aromatic carbocycles. The van der Waals surface area contributed by atoms with Gasteiger partial charge in [-0.15, -0.1) is 0 Å². The Morgan fingerprint density at radius 3 is 2.52 bits per heavy atom. The largest absolute Gasteiger partial charge is 0.378 e. The second-order valence-corrected chi connectivity index (χ2v) is 8.37. The topological polar surface area (TPSA) is 67.2 Å². The summed E-state index contributed by atoms with van der Waals surface area (Å²) < 4.78 is 1.67. The minimum atomic E-state index is -0.403. The summed E-state index contributed by atoms with van der Waals surface area (Å²) in [5.41, 5.74) is 2.39. The highest BCUT2D eigenvalue weighted by Gasteiger charge is 2.19. The SMILES string of the molecule is CCCn1c(SC(C)C(=O)Nc2ccc(N(C)C)cc2)nc2ccccc2c1=O. The zero-order chi connectivity index (χ0) is 21.0. The first-order valence-electron chi connectivity index (χ1n) is 9.65. The monoisotopic (exact) mass is 410 g/mol. The normalized spacial score (nSPS) is 12.0. The van der Waals surface area contributed by atoms with Gasteiger partial charge in [-0.3, -0.25) is 14.2 Å². The van der Waals surface area contributed by atoms with Crippen molar-refractivity contribution in [2.24, 2.45) is 0 Å². The molecule has 0 aliphatic heterocycles. The average molecular weight is 411 g/mol. The summed E-state index contributed by atoms with van der Waals surface area (Å²) in [5, 5.41) is 3.71. The third-order valence-electron chi connectivity index (χ3n) is 4.58. The summed E-state index contributed by atoms with van der Waals surface area (Å²) in [6.07, 6.45) is 0.812. The van der Waals surface area contributed by atoms with Crippen LogP contribution in [0.3, 0.4) is 0 Å². The summed E-state index contributed by atoms with van der Waals surface area (Å²) in [7, 11) is 3.94. The Balaban J connectivity index is 1.81. The maximum Gasteiger partial charge on any atom is 0.262 e. The van der Waals surface area contributed by atoms with Crippen molar-refractivity contribution < 1.29 is 4.79 Å². The van der Waals surface area contributed by atoms with E-state index in [9.17, 15) is 9.59 Å². The molecule has 0 saturated heterocycles. The van der Waals surface area contributed by atoms with Crippen LogP contribution in [-0.4, -0.2) is 34.8 Å². The number of rotatable bonds is 7. The lowest BCUT2D eigenvalue weighted by atomic mass is 10.2. The number of fused-ring (bicyclic) bond motifs is 1. The molecule has 1 atom stereocenters. The Morgan fingerprint density at radius 1 is 1.17 bits per heavy atom. The van der Waals surface area contributed by atoms with Gasteiger partial charge in [0.15, 0.2) is 5.16 Å². The van der Waals surface area contributed by atoms with Gasteiger partial charge in [-0.1, -0.05) is 30.8 Å². The lowest BCUT2D eigenvalue weighted by molar-refractivity contribution is -0.115. The van der Waals surface area contributed by atoms with Gasteiger partial charge in [0.25, 0.3) is 5.56 Å². The van der Waals surface area contributed by atoms with Crippen LogP contribution in [0.15, 0.2) is 58.5 Å². The van der Waals surface area contributed by atoms with E-state index in [1.165, 1.54) is 11.8 Å². The molecule has 0 radical (unpaired) electrons. The third kappa shape index (κ3) is 4.79. The first kappa shape index (κ1) is 20.9. The van der Waals surface area contributed by atoms with E-state index >= 15 is 0 Å². The molecule has 29 heavy (non-hydrogen) atoms. The van der Waals surface area contributed by atoms with Crippen molar-refractivity contribution in [1.82, 2.24) is 9.55 Å². The molecule has 3 aromatic rings. The summed E-state index contributed by atoms with van der Waals surface area (Å²) in [5.74, 6) is -0.127. The minimum absolute atomic E-state index is 0.0631. The number of hydrogen-bond acceptors (Lipinski definition) is 5. The molecule has 1 heterocycles. The van der Waals surface area contributed by atoms with Crippen LogP contribution in [0.1, 0.15) is 20.3 Å². The fourth-order valence-corrected chi connectivity index (χ4v) is 3.89. The number of amides is 1. The van der Waals surface area contributed by atoms with Crippen LogP contribution in [0.4, 0.5) is 11.4 Å². The zero-order valence-corrected chi connectivity index (χ0v) is 18.0. The van der Waals surface area contributed by atoms with Gasteiger partial charge in [0.05, 0.1) is 16.2 Å². The molecule has 0 fully saturated rings. The Kier molecular flexibility index (Phi) is 6.59. The number of carbonyl (C=O) groups is 1. The highest BCUT2D eigenvalue weighted by atomic mass is 32.2. The Labute approximate surface area is 174 Å². The van der Waals surface area contributed by atoms with Gasteiger partial charge in [-0.25, -0.2) is 4.98 Å². The van der Waals surface area contributed by atoms with E-state index < -0.39 is 5.25 Å². The second kappa shape index (κ2) is 9.13. The predicted molar refractivity (Wildman–Crippen MR) is 121 cm³/mol. The molecular weight excluding hydrogens is 384 g/mol. The van der Waals surface area contributed by atoms with Gasteiger partial charge in [0, 0.05) is 32.0 Å². The van der Waals surface area contributed by atoms with Gasteiger partial charge in [-0.2, -0.15) is 0 Å². The molecule has 1 N–H and O–H groups in total. The van der Waals surface area contributed by atoms with Crippen LogP contribution in [0, 0.1) is 0 Å². The van der Waals surface area contributed by atoms with E-state index in [0.29, 0.717) is 22.6 Å². The summed E-state index contributed by atoms with van der Waals surface area (Å²) in [6.45, 7) is 4.41. The van der Waals surface area contributed by atoms with Crippen molar-refractivity contribution in [1.29, 1.82) is 0 Å². The van der Waals surface area contributed by atoms with Gasteiger partial charge in [-0.05, 0) is 49.7 Å². The fourth-order valence-electron chi connectivity index (χ4n) is 2.96. The van der Waals surface area contributed by atoms with E-state index in [1.807, 2.05) is 75.3 Å². The smallest absolute Gasteiger partial charge is 0.262 e. The Hall–Kier alpha value is -2.80. The minimum Gasteiger partial charge on any atom is -0.378 e. The van der Waals surface area contributed by atoms with Crippen molar-refractivity contribution in [3.8, 4) is 0 Å². The van der Waals surface area contributed by atoms with Crippen molar-refractivity contribution in [3.05, 3.63) is 58.9 Å². The standard InChI is InChI=1S/C22H26N4O2S/c1-5-14-26-21(28)18-8-6-7-9-19(18)24-22(26)29-15(2)20(27)23-16-10-12-17(13-11-16)25(3)4/h6-13,15H,5,14H2,1-4H3,(H,23,27). The van der Waals surface area contributed by atoms with Gasteiger partial charge in [0.1, 0.15) is 0 Å². The first-order valence-corrected chi connectivity index (χ1v) is 10.5. The van der Waals surface area contributed by atoms with Gasteiger partial charge >= 0.3 is 0 Å². The molecule has 3 rings (SSSR count). The average Bonchev–Trinajstić information content (AvgIpc) is 2.71. The quantitative estimate of drug-likeness (QED) is 0.471. The molecule has 6 nitrogen and oxygen atoms in total. The van der Waals surface area contributed by atoms with Crippen molar-refractivity contribution in [2.75, 3.05) is 24.3 Å². The van der Waals surface area contributed by atoms with Crippen LogP contribution in [0.25, 0.3) is 10.9 Å². The number of nitrogens with one attached hydrogen (secondary N) is 1. The fraction of sp³-hybridized carbons (Fsp3) is 0.318. The number of thioether (sulfide) groups is 1. The first-order chi connectivity index (χ1) is 13.9. The number of nitrogens with zero attached hydrogens (tertiary/aromatic N) is 3. The van der Waals surface area contributed by atoms with Gasteiger partial charge in [0.2, 0.25) is 5.91 Å². The van der Waals surface area contributed by atoms with E-state index in [1.54, 1.807) is 10.6 Å². The lowest BCUT2D eigenvalue weighted by Crippen LogP contribution is -2.27. The Morgan fingerprint density at radius 2 is 1.86 bits per heavy atom. The molecule has 152 valence electrons. The summed E-state index contributed by atoms with van der Waals surface area (Å²) >= 11 is 1.31. The number of benzene rings is 2. The van der Waals surface area contributed by atoms with Crippen LogP contribution in [-0.2, 0) is 11.3 Å². The van der Waals surface area contributed by atoms with Crippen molar-refractivity contribution in [2.45, 2.75) is 37.2 Å². The van der Waals surface area contributed by atoms with E-state index in [4.69, 9.17) is 0 Å². The lowest BCUT2D eigenvalue weighted by Gasteiger charge is -2.16. The highest BCUT2D eigenvalue weighted by molar-refractivity contribution is 8.00.